The lowest BCUT2D eigenvalue weighted by molar-refractivity contribution is 0.120. The molecule has 1 atom stereocenters. The van der Waals surface area contributed by atoms with Crippen LogP contribution >= 0.6 is 0 Å². The second-order valence-electron chi connectivity index (χ2n) is 9.44. The van der Waals surface area contributed by atoms with Crippen molar-refractivity contribution >= 4 is 0 Å². The van der Waals surface area contributed by atoms with E-state index in [2.05, 4.69) is 61.5 Å². The van der Waals surface area contributed by atoms with Crippen molar-refractivity contribution in [3.63, 3.8) is 0 Å². The van der Waals surface area contributed by atoms with Gasteiger partial charge in [0, 0.05) is 0 Å². The Morgan fingerprint density at radius 3 is 1.62 bits per heavy atom. The molecule has 0 aliphatic rings. The summed E-state index contributed by atoms with van der Waals surface area (Å²) in [4.78, 5) is 0. The molecule has 0 saturated carbocycles. The predicted molar refractivity (Wildman–Crippen MR) is 107 cm³/mol. The fourth-order valence-corrected chi connectivity index (χ4v) is 5.07. The summed E-state index contributed by atoms with van der Waals surface area (Å²) in [6.07, 6.45) is 5.17. The van der Waals surface area contributed by atoms with Crippen LogP contribution in [0.15, 0.2) is 18.2 Å². The van der Waals surface area contributed by atoms with Gasteiger partial charge in [-0.3, -0.25) is 0 Å². The summed E-state index contributed by atoms with van der Waals surface area (Å²) >= 11 is 0. The Bertz CT molecular complexity index is 472. The van der Waals surface area contributed by atoms with Crippen molar-refractivity contribution in [2.45, 2.75) is 87.0 Å². The van der Waals surface area contributed by atoms with E-state index in [9.17, 15) is 5.11 Å². The molecule has 0 bridgehead atoms. The summed E-state index contributed by atoms with van der Waals surface area (Å²) in [5, 5.41) is 9.71. The Labute approximate surface area is 150 Å². The lowest BCUT2D eigenvalue weighted by Crippen LogP contribution is -2.29. The Morgan fingerprint density at radius 2 is 1.25 bits per heavy atom. The van der Waals surface area contributed by atoms with Crippen LogP contribution in [0.3, 0.4) is 0 Å². The summed E-state index contributed by atoms with van der Waals surface area (Å²) in [6.45, 7) is 18.7. The van der Waals surface area contributed by atoms with Gasteiger partial charge < -0.3 is 5.11 Å². The lowest BCUT2D eigenvalue weighted by atomic mass is 9.64. The molecule has 1 rings (SSSR count). The van der Waals surface area contributed by atoms with E-state index in [-0.39, 0.29) is 0 Å². The molecule has 1 nitrogen and oxygen atoms in total. The zero-order chi connectivity index (χ0) is 18.5. The molecule has 0 heterocycles. The van der Waals surface area contributed by atoms with Gasteiger partial charge in [0.1, 0.15) is 5.75 Å². The molecular formula is C23H40O. The maximum Gasteiger partial charge on any atom is 0.115 e. The van der Waals surface area contributed by atoms with Gasteiger partial charge in [-0.15, -0.1) is 0 Å². The Morgan fingerprint density at radius 1 is 0.792 bits per heavy atom. The zero-order valence-corrected chi connectivity index (χ0v) is 17.3. The fraction of sp³-hybridized carbons (Fsp3) is 0.739. The maximum atomic E-state index is 9.71. The van der Waals surface area contributed by atoms with Crippen LogP contribution in [0.5, 0.6) is 5.75 Å². The minimum absolute atomic E-state index is 0.376. The highest BCUT2D eigenvalue weighted by molar-refractivity contribution is 5.36. The van der Waals surface area contributed by atoms with Gasteiger partial charge in [-0.2, -0.15) is 0 Å². The topological polar surface area (TPSA) is 20.2 Å². The molecule has 24 heavy (non-hydrogen) atoms. The van der Waals surface area contributed by atoms with Crippen molar-refractivity contribution < 1.29 is 5.11 Å². The smallest absolute Gasteiger partial charge is 0.115 e. The summed E-state index contributed by atoms with van der Waals surface area (Å²) in [6, 6.07) is 5.87. The summed E-state index contributed by atoms with van der Waals surface area (Å²) in [7, 11) is 0. The van der Waals surface area contributed by atoms with Gasteiger partial charge in [0.05, 0.1) is 0 Å². The highest BCUT2D eigenvalue weighted by atomic mass is 16.3. The van der Waals surface area contributed by atoms with Crippen LogP contribution in [-0.4, -0.2) is 5.11 Å². The first kappa shape index (κ1) is 21.1. The standard InChI is InChI=1S/C23H40O/c1-16(2)12-23(13-17(3)4,14-18(5)6)15-20(8)22-10-9-21(24)11-19(22)7/h9-11,16-18,20,24H,12-15H2,1-8H3. The highest BCUT2D eigenvalue weighted by Gasteiger charge is 2.34. The van der Waals surface area contributed by atoms with Crippen molar-refractivity contribution in [3.05, 3.63) is 29.3 Å². The summed E-state index contributed by atoms with van der Waals surface area (Å²) < 4.78 is 0. The minimum Gasteiger partial charge on any atom is -0.508 e. The number of hydrogen-bond donors (Lipinski definition) is 1. The van der Waals surface area contributed by atoms with Crippen molar-refractivity contribution in [2.75, 3.05) is 0 Å². The molecule has 138 valence electrons. The van der Waals surface area contributed by atoms with Crippen LogP contribution in [0.2, 0.25) is 0 Å². The Balaban J connectivity index is 3.12. The van der Waals surface area contributed by atoms with Gasteiger partial charge in [0.25, 0.3) is 0 Å². The summed E-state index contributed by atoms with van der Waals surface area (Å²) in [5.41, 5.74) is 3.03. The maximum absolute atomic E-state index is 9.71. The minimum atomic E-state index is 0.376. The van der Waals surface area contributed by atoms with E-state index in [1.807, 2.05) is 12.1 Å². The van der Waals surface area contributed by atoms with Crippen LogP contribution in [0, 0.1) is 30.1 Å². The number of hydrogen-bond acceptors (Lipinski definition) is 1. The molecule has 0 aliphatic carbocycles. The summed E-state index contributed by atoms with van der Waals surface area (Å²) in [5.74, 6) is 3.10. The Hall–Kier alpha value is -0.980. The van der Waals surface area contributed by atoms with Crippen molar-refractivity contribution in [3.8, 4) is 5.75 Å². The number of phenolic OH excluding ortho intramolecular Hbond substituents is 1. The number of phenols is 1. The van der Waals surface area contributed by atoms with Crippen molar-refractivity contribution in [1.29, 1.82) is 0 Å². The van der Waals surface area contributed by atoms with Crippen molar-refractivity contribution in [2.24, 2.45) is 23.2 Å². The molecular weight excluding hydrogens is 292 g/mol. The van der Waals surface area contributed by atoms with Crippen LogP contribution < -0.4 is 0 Å². The number of benzene rings is 1. The van der Waals surface area contributed by atoms with E-state index in [0.717, 1.165) is 17.8 Å². The molecule has 1 heteroatoms. The van der Waals surface area contributed by atoms with Crippen LogP contribution in [0.4, 0.5) is 0 Å². The zero-order valence-electron chi connectivity index (χ0n) is 17.3. The molecule has 0 aliphatic heterocycles. The highest BCUT2D eigenvalue weighted by Crippen LogP contribution is 2.47. The number of rotatable bonds is 9. The molecule has 0 fully saturated rings. The van der Waals surface area contributed by atoms with Gasteiger partial charge in [-0.25, -0.2) is 0 Å². The molecule has 1 aromatic rings. The second kappa shape index (κ2) is 8.92. The molecule has 1 unspecified atom stereocenters. The molecule has 0 aromatic heterocycles. The van der Waals surface area contributed by atoms with E-state index in [1.54, 1.807) is 0 Å². The number of aromatic hydroxyl groups is 1. The van der Waals surface area contributed by atoms with Crippen LogP contribution in [-0.2, 0) is 0 Å². The van der Waals surface area contributed by atoms with Gasteiger partial charge in [0.15, 0.2) is 0 Å². The van der Waals surface area contributed by atoms with Gasteiger partial charge in [-0.1, -0.05) is 54.5 Å². The second-order valence-corrected chi connectivity index (χ2v) is 9.44. The molecule has 1 aromatic carbocycles. The van der Waals surface area contributed by atoms with Gasteiger partial charge >= 0.3 is 0 Å². The average molecular weight is 333 g/mol. The third-order valence-corrected chi connectivity index (χ3v) is 5.05. The molecule has 0 radical (unpaired) electrons. The largest absolute Gasteiger partial charge is 0.508 e. The quantitative estimate of drug-likeness (QED) is 0.502. The van der Waals surface area contributed by atoms with E-state index in [1.165, 1.54) is 36.8 Å². The van der Waals surface area contributed by atoms with Gasteiger partial charge in [0.2, 0.25) is 0 Å². The van der Waals surface area contributed by atoms with E-state index in [0.29, 0.717) is 17.1 Å². The van der Waals surface area contributed by atoms with E-state index >= 15 is 0 Å². The monoisotopic (exact) mass is 332 g/mol. The van der Waals surface area contributed by atoms with E-state index < -0.39 is 0 Å². The lowest BCUT2D eigenvalue weighted by Gasteiger charge is -2.41. The molecule has 0 amide bonds. The third-order valence-electron chi connectivity index (χ3n) is 5.05. The fourth-order valence-electron chi connectivity index (χ4n) is 5.07. The predicted octanol–water partition coefficient (Wildman–Crippen LogP) is 7.32. The SMILES string of the molecule is Cc1cc(O)ccc1C(C)CC(CC(C)C)(CC(C)C)CC(C)C. The molecule has 0 saturated heterocycles. The molecule has 0 spiro atoms. The first-order valence-corrected chi connectivity index (χ1v) is 9.84. The molecule has 1 N–H and O–H groups in total. The third kappa shape index (κ3) is 6.49. The van der Waals surface area contributed by atoms with Crippen LogP contribution in [0.25, 0.3) is 0 Å². The van der Waals surface area contributed by atoms with Crippen LogP contribution in [0.1, 0.15) is 91.2 Å². The first-order chi connectivity index (χ1) is 11.0. The van der Waals surface area contributed by atoms with Crippen molar-refractivity contribution in [1.82, 2.24) is 0 Å². The number of aryl methyl sites for hydroxylation is 1. The first-order valence-electron chi connectivity index (χ1n) is 9.84. The Kier molecular flexibility index (Phi) is 7.83. The van der Waals surface area contributed by atoms with Gasteiger partial charge in [-0.05, 0) is 85.0 Å². The normalized spacial score (nSPS) is 14.0. The van der Waals surface area contributed by atoms with E-state index in [4.69, 9.17) is 0 Å². The average Bonchev–Trinajstić information content (AvgIpc) is 2.34.